The van der Waals surface area contributed by atoms with Gasteiger partial charge in [0, 0.05) is 11.3 Å². The monoisotopic (exact) mass is 169 g/mol. The summed E-state index contributed by atoms with van der Waals surface area (Å²) < 4.78 is 0. The van der Waals surface area contributed by atoms with Crippen LogP contribution in [0.4, 0.5) is 0 Å². The average Bonchev–Trinajstić information content (AvgIpc) is 1.14. The van der Waals surface area contributed by atoms with Crippen LogP contribution in [-0.2, 0) is 0 Å². The van der Waals surface area contributed by atoms with Crippen molar-refractivity contribution in [2.45, 2.75) is 19.4 Å². The molecular formula is C6H16ClNS. The van der Waals surface area contributed by atoms with Gasteiger partial charge in [-0.3, -0.25) is 0 Å². The molecule has 0 aliphatic carbocycles. The van der Waals surface area contributed by atoms with Crippen LogP contribution in [0, 0.1) is 0 Å². The van der Waals surface area contributed by atoms with Crippen LogP contribution in [0.1, 0.15) is 13.8 Å². The number of hydrogen-bond donors (Lipinski definition) is 1. The second-order valence-electron chi connectivity index (χ2n) is 3.54. The summed E-state index contributed by atoms with van der Waals surface area (Å²) in [6, 6.07) is 0. The third kappa shape index (κ3) is 8.60. The Hall–Kier alpha value is 0.600. The molecule has 0 radical (unpaired) electrons. The highest BCUT2D eigenvalue weighted by molar-refractivity contribution is 8.50. The van der Waals surface area contributed by atoms with E-state index in [1.165, 1.54) is 0 Å². The van der Waals surface area contributed by atoms with Gasteiger partial charge in [-0.25, -0.2) is 0 Å². The maximum absolute atomic E-state index is 6.02. The smallest absolute Gasteiger partial charge is 0.0184 e. The standard InChI is InChI=1S/C6H16ClNS/c1-6(2,8)5-9(3,4)7/h5,8H2,1-4H3. The first-order valence-electron chi connectivity index (χ1n) is 2.90. The van der Waals surface area contributed by atoms with Crippen LogP contribution in [0.15, 0.2) is 0 Å². The first-order valence-corrected chi connectivity index (χ1v) is 6.35. The first kappa shape index (κ1) is 9.60. The van der Waals surface area contributed by atoms with E-state index < -0.39 is 9.24 Å². The fraction of sp³-hybridized carbons (Fsp3) is 1.00. The molecule has 0 aromatic carbocycles. The van der Waals surface area contributed by atoms with Crippen molar-refractivity contribution in [3.63, 3.8) is 0 Å². The van der Waals surface area contributed by atoms with E-state index in [2.05, 4.69) is 12.5 Å². The molecule has 0 atom stereocenters. The van der Waals surface area contributed by atoms with Crippen molar-refractivity contribution in [1.29, 1.82) is 0 Å². The molecule has 0 saturated carbocycles. The van der Waals surface area contributed by atoms with E-state index in [4.69, 9.17) is 16.4 Å². The third-order valence-corrected chi connectivity index (χ3v) is 2.47. The van der Waals surface area contributed by atoms with Gasteiger partial charge in [0.05, 0.1) is 0 Å². The topological polar surface area (TPSA) is 26.0 Å². The molecule has 0 bridgehead atoms. The summed E-state index contributed by atoms with van der Waals surface area (Å²) in [5, 5.41) is 0. The molecule has 0 aliphatic rings. The molecule has 0 unspecified atom stereocenters. The fourth-order valence-electron chi connectivity index (χ4n) is 0.885. The molecule has 3 heteroatoms. The lowest BCUT2D eigenvalue weighted by molar-refractivity contribution is 0.590. The predicted octanol–water partition coefficient (Wildman–Crippen LogP) is 1.94. The molecule has 58 valence electrons. The van der Waals surface area contributed by atoms with E-state index in [0.29, 0.717) is 0 Å². The van der Waals surface area contributed by atoms with Crippen molar-refractivity contribution in [3.05, 3.63) is 0 Å². The normalized spacial score (nSPS) is 15.8. The Balaban J connectivity index is 3.75. The average molecular weight is 170 g/mol. The molecule has 9 heavy (non-hydrogen) atoms. The van der Waals surface area contributed by atoms with Crippen LogP contribution < -0.4 is 5.73 Å². The molecule has 2 N–H and O–H groups in total. The summed E-state index contributed by atoms with van der Waals surface area (Å²) in [4.78, 5) is 0. The quantitative estimate of drug-likeness (QED) is 0.672. The number of halogens is 1. The molecule has 0 heterocycles. The highest BCUT2D eigenvalue weighted by Gasteiger charge is 2.18. The summed E-state index contributed by atoms with van der Waals surface area (Å²) >= 11 is 0. The van der Waals surface area contributed by atoms with Gasteiger partial charge in [0.1, 0.15) is 0 Å². The molecular weight excluding hydrogens is 154 g/mol. The van der Waals surface area contributed by atoms with Crippen molar-refractivity contribution < 1.29 is 0 Å². The van der Waals surface area contributed by atoms with Gasteiger partial charge in [0.2, 0.25) is 0 Å². The van der Waals surface area contributed by atoms with E-state index in [9.17, 15) is 0 Å². The molecule has 0 aromatic heterocycles. The van der Waals surface area contributed by atoms with Gasteiger partial charge in [-0.15, -0.1) is 0 Å². The molecule has 1 nitrogen and oxygen atoms in total. The Bertz CT molecular complexity index is 78.2. The Morgan fingerprint density at radius 2 is 1.78 bits per heavy atom. The molecule has 0 fully saturated rings. The van der Waals surface area contributed by atoms with Crippen LogP contribution in [0.3, 0.4) is 0 Å². The van der Waals surface area contributed by atoms with Crippen molar-refractivity contribution in [1.82, 2.24) is 0 Å². The lowest BCUT2D eigenvalue weighted by Crippen LogP contribution is -2.37. The Labute approximate surface area is 63.8 Å². The third-order valence-electron chi connectivity index (χ3n) is 0.715. The summed E-state index contributed by atoms with van der Waals surface area (Å²) in [5.41, 5.74) is 5.65. The van der Waals surface area contributed by atoms with E-state index >= 15 is 0 Å². The zero-order valence-corrected chi connectivity index (χ0v) is 8.14. The minimum absolute atomic E-state index is 0.111. The van der Waals surface area contributed by atoms with E-state index in [-0.39, 0.29) is 5.54 Å². The zero-order chi connectivity index (χ0) is 7.71. The fourth-order valence-corrected chi connectivity index (χ4v) is 3.50. The minimum atomic E-state index is -0.935. The van der Waals surface area contributed by atoms with Gasteiger partial charge in [-0.2, -0.15) is 9.24 Å². The molecule has 0 spiro atoms. The van der Waals surface area contributed by atoms with E-state index in [1.807, 2.05) is 13.8 Å². The summed E-state index contributed by atoms with van der Waals surface area (Å²) in [5.74, 6) is 0.918. The van der Waals surface area contributed by atoms with Crippen LogP contribution in [0.5, 0.6) is 0 Å². The van der Waals surface area contributed by atoms with Gasteiger partial charge in [0.15, 0.2) is 0 Å². The van der Waals surface area contributed by atoms with Crippen molar-refractivity contribution >= 4 is 19.9 Å². The van der Waals surface area contributed by atoms with Gasteiger partial charge in [-0.1, -0.05) is 10.7 Å². The lowest BCUT2D eigenvalue weighted by atomic mass is 10.1. The Morgan fingerprint density at radius 3 is 1.78 bits per heavy atom. The maximum Gasteiger partial charge on any atom is 0.0184 e. The Kier molecular flexibility index (Phi) is 2.86. The maximum atomic E-state index is 6.02. The van der Waals surface area contributed by atoms with Crippen LogP contribution >= 0.6 is 19.9 Å². The molecule has 0 aliphatic heterocycles. The van der Waals surface area contributed by atoms with Crippen LogP contribution in [0.25, 0.3) is 0 Å². The van der Waals surface area contributed by atoms with Crippen LogP contribution in [0.2, 0.25) is 0 Å². The van der Waals surface area contributed by atoms with Gasteiger partial charge >= 0.3 is 0 Å². The lowest BCUT2D eigenvalue weighted by Gasteiger charge is -2.30. The second kappa shape index (κ2) is 2.69. The molecule has 0 aromatic rings. The number of rotatable bonds is 2. The SMILES string of the molecule is CC(C)(N)CS(C)(C)Cl. The minimum Gasteiger partial charge on any atom is -0.325 e. The van der Waals surface area contributed by atoms with Crippen molar-refractivity contribution in [2.75, 3.05) is 18.3 Å². The van der Waals surface area contributed by atoms with Gasteiger partial charge < -0.3 is 5.73 Å². The predicted molar refractivity (Wildman–Crippen MR) is 48.4 cm³/mol. The zero-order valence-electron chi connectivity index (χ0n) is 6.57. The first-order chi connectivity index (χ1) is 3.71. The van der Waals surface area contributed by atoms with E-state index in [0.717, 1.165) is 5.75 Å². The number of nitrogens with two attached hydrogens (primary N) is 1. The van der Waals surface area contributed by atoms with E-state index in [1.54, 1.807) is 0 Å². The molecule has 0 amide bonds. The molecule has 0 saturated heterocycles. The Morgan fingerprint density at radius 1 is 1.44 bits per heavy atom. The summed E-state index contributed by atoms with van der Waals surface area (Å²) in [6.45, 7) is 4.01. The van der Waals surface area contributed by atoms with Crippen LogP contribution in [-0.4, -0.2) is 23.8 Å². The largest absolute Gasteiger partial charge is 0.325 e. The second-order valence-corrected chi connectivity index (χ2v) is 9.14. The highest BCUT2D eigenvalue weighted by Crippen LogP contribution is 2.46. The number of hydrogen-bond acceptors (Lipinski definition) is 1. The summed E-state index contributed by atoms with van der Waals surface area (Å²) in [6.07, 6.45) is 4.12. The summed E-state index contributed by atoms with van der Waals surface area (Å²) in [7, 11) is 5.09. The molecule has 0 rings (SSSR count). The van der Waals surface area contributed by atoms with Gasteiger partial charge in [-0.05, 0) is 26.4 Å². The van der Waals surface area contributed by atoms with Crippen molar-refractivity contribution in [2.24, 2.45) is 5.73 Å². The highest BCUT2D eigenvalue weighted by atomic mass is 35.7. The van der Waals surface area contributed by atoms with Gasteiger partial charge in [0.25, 0.3) is 0 Å². The van der Waals surface area contributed by atoms with Crippen molar-refractivity contribution in [3.8, 4) is 0 Å².